The lowest BCUT2D eigenvalue weighted by Crippen LogP contribution is -1.99. The van der Waals surface area contributed by atoms with Gasteiger partial charge < -0.3 is 10.7 Å². The van der Waals surface area contributed by atoms with Gasteiger partial charge in [0.1, 0.15) is 0 Å². The third-order valence-electron chi connectivity index (χ3n) is 5.38. The van der Waals surface area contributed by atoms with Gasteiger partial charge in [0.2, 0.25) is 0 Å². The zero-order valence-electron chi connectivity index (χ0n) is 16.1. The molecule has 4 aromatic rings. The minimum Gasteiger partial charge on any atom is -0.354 e. The Balaban J connectivity index is 1.98. The number of aryl methyl sites for hydroxylation is 1. The number of fused-ring (bicyclic) bond motifs is 2. The fraction of sp³-hybridized carbons (Fsp3) is 0.292. The van der Waals surface area contributed by atoms with Gasteiger partial charge in [-0.1, -0.05) is 56.3 Å². The van der Waals surface area contributed by atoms with E-state index in [0.29, 0.717) is 5.92 Å². The molecule has 0 saturated carbocycles. The monoisotopic (exact) mass is 357 g/mol. The third-order valence-corrected chi connectivity index (χ3v) is 5.38. The summed E-state index contributed by atoms with van der Waals surface area (Å²) >= 11 is 0. The van der Waals surface area contributed by atoms with Crippen LogP contribution in [0.2, 0.25) is 0 Å². The Kier molecular flexibility index (Phi) is 4.95. The van der Waals surface area contributed by atoms with Crippen LogP contribution in [0.25, 0.3) is 33.1 Å². The summed E-state index contributed by atoms with van der Waals surface area (Å²) in [5.41, 5.74) is 13.2. The predicted molar refractivity (Wildman–Crippen MR) is 115 cm³/mol. The van der Waals surface area contributed by atoms with E-state index in [1.54, 1.807) is 0 Å². The Morgan fingerprint density at radius 2 is 1.81 bits per heavy atom. The molecule has 3 nitrogen and oxygen atoms in total. The highest BCUT2D eigenvalue weighted by atomic mass is 14.7. The van der Waals surface area contributed by atoms with E-state index in [4.69, 9.17) is 5.73 Å². The van der Waals surface area contributed by atoms with Crippen molar-refractivity contribution in [2.75, 3.05) is 6.54 Å². The van der Waals surface area contributed by atoms with E-state index in [0.717, 1.165) is 31.3 Å². The van der Waals surface area contributed by atoms with E-state index in [9.17, 15) is 0 Å². The molecular weight excluding hydrogens is 330 g/mol. The summed E-state index contributed by atoms with van der Waals surface area (Å²) < 4.78 is 0. The molecule has 0 aliphatic carbocycles. The van der Waals surface area contributed by atoms with Crippen LogP contribution < -0.4 is 5.73 Å². The molecule has 2 heterocycles. The molecule has 0 radical (unpaired) electrons. The number of aromatic amines is 1. The van der Waals surface area contributed by atoms with Gasteiger partial charge in [-0.2, -0.15) is 0 Å². The first kappa shape index (κ1) is 17.7. The maximum absolute atomic E-state index is 5.75. The number of unbranched alkanes of at least 4 members (excludes halogenated alkanes) is 1. The Bertz CT molecular complexity index is 1070. The summed E-state index contributed by atoms with van der Waals surface area (Å²) in [5.74, 6) is 0.475. The molecule has 3 heteroatoms. The SMILES string of the molecule is CC(C)c1cccc2c(CCCCN)c(-c3cccc4cccnc34)[nH]c12. The van der Waals surface area contributed by atoms with E-state index in [1.165, 1.54) is 38.7 Å². The quantitative estimate of drug-likeness (QED) is 0.429. The van der Waals surface area contributed by atoms with Crippen LogP contribution in [0.15, 0.2) is 54.7 Å². The zero-order valence-corrected chi connectivity index (χ0v) is 16.1. The summed E-state index contributed by atoms with van der Waals surface area (Å²) in [6.45, 7) is 5.25. The van der Waals surface area contributed by atoms with Crippen molar-refractivity contribution in [3.63, 3.8) is 0 Å². The Morgan fingerprint density at radius 1 is 1.00 bits per heavy atom. The summed E-state index contributed by atoms with van der Waals surface area (Å²) in [4.78, 5) is 8.46. The number of nitrogens with one attached hydrogen (secondary N) is 1. The fourth-order valence-corrected chi connectivity index (χ4v) is 4.02. The second-order valence-corrected chi connectivity index (χ2v) is 7.53. The fourth-order valence-electron chi connectivity index (χ4n) is 4.02. The minimum atomic E-state index is 0.475. The topological polar surface area (TPSA) is 54.7 Å². The molecule has 0 unspecified atom stereocenters. The van der Waals surface area contributed by atoms with Gasteiger partial charge in [0.25, 0.3) is 0 Å². The molecule has 138 valence electrons. The number of hydrogen-bond acceptors (Lipinski definition) is 2. The molecule has 0 bridgehead atoms. The standard InChI is InChI=1S/C24H27N3/c1-16(2)18-11-6-12-20-19(10-3-4-14-25)24(27-23(18)20)21-13-5-8-17-9-7-15-26-22(17)21/h5-9,11-13,15-16,27H,3-4,10,14,25H2,1-2H3. The molecule has 27 heavy (non-hydrogen) atoms. The number of aromatic nitrogens is 2. The van der Waals surface area contributed by atoms with E-state index >= 15 is 0 Å². The lowest BCUT2D eigenvalue weighted by molar-refractivity contribution is 0.748. The highest BCUT2D eigenvalue weighted by Gasteiger charge is 2.18. The molecule has 3 N–H and O–H groups in total. The van der Waals surface area contributed by atoms with Gasteiger partial charge in [-0.05, 0) is 48.9 Å². The molecule has 4 rings (SSSR count). The minimum absolute atomic E-state index is 0.475. The first-order chi connectivity index (χ1) is 13.2. The van der Waals surface area contributed by atoms with Gasteiger partial charge in [-0.15, -0.1) is 0 Å². The number of H-pyrrole nitrogens is 1. The van der Waals surface area contributed by atoms with E-state index in [-0.39, 0.29) is 0 Å². The van der Waals surface area contributed by atoms with Gasteiger partial charge in [-0.3, -0.25) is 4.98 Å². The molecule has 0 saturated heterocycles. The number of rotatable bonds is 6. The van der Waals surface area contributed by atoms with Crippen molar-refractivity contribution < 1.29 is 0 Å². The van der Waals surface area contributed by atoms with Gasteiger partial charge in [0.05, 0.1) is 11.2 Å². The predicted octanol–water partition coefficient (Wildman–Crippen LogP) is 5.79. The summed E-state index contributed by atoms with van der Waals surface area (Å²) in [6, 6.07) is 17.2. The average Bonchev–Trinajstić information content (AvgIpc) is 3.06. The molecular formula is C24H27N3. The number of benzene rings is 2. The number of pyridine rings is 1. The molecule has 0 atom stereocenters. The largest absolute Gasteiger partial charge is 0.354 e. The molecule has 0 aliphatic rings. The van der Waals surface area contributed by atoms with Crippen molar-refractivity contribution in [2.45, 2.75) is 39.0 Å². The van der Waals surface area contributed by atoms with Crippen molar-refractivity contribution in [3.8, 4) is 11.3 Å². The van der Waals surface area contributed by atoms with E-state index < -0.39 is 0 Å². The van der Waals surface area contributed by atoms with Gasteiger partial charge in [-0.25, -0.2) is 0 Å². The van der Waals surface area contributed by atoms with Gasteiger partial charge in [0, 0.05) is 28.0 Å². The zero-order chi connectivity index (χ0) is 18.8. The van der Waals surface area contributed by atoms with Crippen molar-refractivity contribution in [1.29, 1.82) is 0 Å². The first-order valence-electron chi connectivity index (χ1n) is 9.88. The molecule has 0 aliphatic heterocycles. The second kappa shape index (κ2) is 7.53. The molecule has 2 aromatic carbocycles. The summed E-state index contributed by atoms with van der Waals surface area (Å²) in [7, 11) is 0. The molecule has 2 aromatic heterocycles. The van der Waals surface area contributed by atoms with Crippen LogP contribution in [0.4, 0.5) is 0 Å². The van der Waals surface area contributed by atoms with Crippen molar-refractivity contribution in [3.05, 3.63) is 65.9 Å². The smallest absolute Gasteiger partial charge is 0.0795 e. The summed E-state index contributed by atoms with van der Waals surface area (Å²) in [5, 5.41) is 2.51. The Hall–Kier alpha value is -2.65. The molecule has 0 spiro atoms. The Morgan fingerprint density at radius 3 is 2.63 bits per heavy atom. The lowest BCUT2D eigenvalue weighted by atomic mass is 9.96. The maximum Gasteiger partial charge on any atom is 0.0795 e. The summed E-state index contributed by atoms with van der Waals surface area (Å²) in [6.07, 6.45) is 5.05. The van der Waals surface area contributed by atoms with Crippen LogP contribution in [0.1, 0.15) is 43.7 Å². The van der Waals surface area contributed by atoms with Crippen molar-refractivity contribution in [2.24, 2.45) is 5.73 Å². The van der Waals surface area contributed by atoms with Crippen LogP contribution in [0, 0.1) is 0 Å². The van der Waals surface area contributed by atoms with Gasteiger partial charge >= 0.3 is 0 Å². The number of nitrogens with zero attached hydrogens (tertiary/aromatic N) is 1. The maximum atomic E-state index is 5.75. The van der Waals surface area contributed by atoms with Crippen LogP contribution in [0.5, 0.6) is 0 Å². The molecule has 0 amide bonds. The van der Waals surface area contributed by atoms with Crippen LogP contribution in [-0.2, 0) is 6.42 Å². The Labute approximate surface area is 160 Å². The highest BCUT2D eigenvalue weighted by Crippen LogP contribution is 2.37. The highest BCUT2D eigenvalue weighted by molar-refractivity contribution is 5.99. The first-order valence-corrected chi connectivity index (χ1v) is 9.88. The van der Waals surface area contributed by atoms with Crippen LogP contribution in [0.3, 0.4) is 0 Å². The van der Waals surface area contributed by atoms with E-state index in [1.807, 2.05) is 12.3 Å². The van der Waals surface area contributed by atoms with E-state index in [2.05, 4.69) is 66.3 Å². The van der Waals surface area contributed by atoms with Gasteiger partial charge in [0.15, 0.2) is 0 Å². The third kappa shape index (κ3) is 3.24. The van der Waals surface area contributed by atoms with Crippen LogP contribution in [-0.4, -0.2) is 16.5 Å². The lowest BCUT2D eigenvalue weighted by Gasteiger charge is -2.08. The second-order valence-electron chi connectivity index (χ2n) is 7.53. The van der Waals surface area contributed by atoms with Crippen molar-refractivity contribution >= 4 is 21.8 Å². The number of hydrogen-bond donors (Lipinski definition) is 2. The number of para-hydroxylation sites is 2. The van der Waals surface area contributed by atoms with Crippen LogP contribution >= 0.6 is 0 Å². The molecule has 0 fully saturated rings. The normalized spacial score (nSPS) is 11.7. The number of nitrogens with two attached hydrogens (primary N) is 1. The van der Waals surface area contributed by atoms with Crippen molar-refractivity contribution in [1.82, 2.24) is 9.97 Å². The average molecular weight is 358 g/mol.